The number of nitrogens with one attached hydrogen (secondary N) is 2. The first-order chi connectivity index (χ1) is 17.6. The number of anilines is 1. The number of fused-ring (bicyclic) bond motifs is 2. The Kier molecular flexibility index (Phi) is 6.76. The second-order valence-electron chi connectivity index (χ2n) is 9.21. The summed E-state index contributed by atoms with van der Waals surface area (Å²) in [5.74, 6) is -4.11. The van der Waals surface area contributed by atoms with Crippen LogP contribution in [0.5, 0.6) is 0 Å². The number of aromatic amines is 1. The third-order valence-corrected chi connectivity index (χ3v) is 7.13. The van der Waals surface area contributed by atoms with Gasteiger partial charge in [0.2, 0.25) is 0 Å². The summed E-state index contributed by atoms with van der Waals surface area (Å²) < 4.78 is 53.0. The van der Waals surface area contributed by atoms with Crippen LogP contribution in [0.1, 0.15) is 28.8 Å². The molecule has 7 nitrogen and oxygen atoms in total. The molecule has 0 aliphatic carbocycles. The molecular formula is C25H23ClF4N4O3. The molecule has 37 heavy (non-hydrogen) atoms. The Bertz CT molecular complexity index is 1340. The molecule has 1 amide bonds. The highest BCUT2D eigenvalue weighted by atomic mass is 35.5. The lowest BCUT2D eigenvalue weighted by molar-refractivity contribution is -0.203. The van der Waals surface area contributed by atoms with Crippen LogP contribution in [0.15, 0.2) is 42.6 Å². The Morgan fingerprint density at radius 3 is 2.62 bits per heavy atom. The second kappa shape index (κ2) is 9.86. The summed E-state index contributed by atoms with van der Waals surface area (Å²) in [4.78, 5) is 34.5. The van der Waals surface area contributed by atoms with Gasteiger partial charge in [0.25, 0.3) is 5.91 Å². The average Bonchev–Trinajstić information content (AvgIpc) is 3.26. The van der Waals surface area contributed by atoms with E-state index in [1.165, 1.54) is 0 Å². The average molecular weight is 539 g/mol. The van der Waals surface area contributed by atoms with E-state index in [2.05, 4.69) is 20.0 Å². The maximum atomic E-state index is 14.0. The smallest absolute Gasteiger partial charge is 0.361 e. The minimum Gasteiger partial charge on any atom is -0.361 e. The highest BCUT2D eigenvalue weighted by Crippen LogP contribution is 2.35. The van der Waals surface area contributed by atoms with Crippen LogP contribution < -0.4 is 10.4 Å². The number of hydrogen-bond donors (Lipinski definition) is 2. The monoisotopic (exact) mass is 538 g/mol. The first-order valence-electron chi connectivity index (χ1n) is 11.8. The van der Waals surface area contributed by atoms with Crippen LogP contribution in [0, 0.1) is 11.7 Å². The maximum absolute atomic E-state index is 14.0. The zero-order valence-corrected chi connectivity index (χ0v) is 20.2. The number of amides is 1. The Labute approximate surface area is 214 Å². The standard InChI is InChI=1S/C25H23ClF4N4O3/c26-16-1-4-20-19(11-16)15(13-31-20)7-10-33-8-5-14(6-9-33)22-32-23(35)18-3-2-17(27)12-21(18)34(22)37-24(36)25(28,29)30/h1-4,11-14,22,31H,5-10H2,(H,32,35). The molecule has 1 aromatic heterocycles. The molecule has 12 heteroatoms. The number of carbonyl (C=O) groups is 2. The number of benzene rings is 2. The largest absolute Gasteiger partial charge is 0.493 e. The van der Waals surface area contributed by atoms with Crippen molar-refractivity contribution in [2.24, 2.45) is 5.92 Å². The first-order valence-corrected chi connectivity index (χ1v) is 12.1. The predicted octanol–water partition coefficient (Wildman–Crippen LogP) is 4.81. The van der Waals surface area contributed by atoms with E-state index >= 15 is 0 Å². The van der Waals surface area contributed by atoms with E-state index in [1.807, 2.05) is 24.4 Å². The Balaban J connectivity index is 1.28. The zero-order chi connectivity index (χ0) is 26.3. The van der Waals surface area contributed by atoms with Crippen LogP contribution in [0.25, 0.3) is 10.9 Å². The SMILES string of the molecule is O=C1NC(C2CCN(CCc3c[nH]c4ccc(Cl)cc34)CC2)N(OC(=O)C(F)(F)F)c2cc(F)ccc21. The molecule has 2 aliphatic rings. The van der Waals surface area contributed by atoms with Crippen molar-refractivity contribution in [3.05, 3.63) is 64.6 Å². The quantitative estimate of drug-likeness (QED) is 0.456. The van der Waals surface area contributed by atoms with Crippen LogP contribution in [0.4, 0.5) is 23.2 Å². The van der Waals surface area contributed by atoms with Gasteiger partial charge in [0.15, 0.2) is 0 Å². The molecule has 0 radical (unpaired) electrons. The number of hydroxylamine groups is 1. The first kappa shape index (κ1) is 25.3. The molecule has 2 N–H and O–H groups in total. The third-order valence-electron chi connectivity index (χ3n) is 6.89. The number of halogens is 5. The molecule has 1 unspecified atom stereocenters. The predicted molar refractivity (Wildman–Crippen MR) is 128 cm³/mol. The van der Waals surface area contributed by atoms with E-state index < -0.39 is 30.0 Å². The van der Waals surface area contributed by atoms with Gasteiger partial charge in [0.1, 0.15) is 12.0 Å². The molecule has 3 aromatic rings. The van der Waals surface area contributed by atoms with Crippen molar-refractivity contribution in [3.63, 3.8) is 0 Å². The second-order valence-corrected chi connectivity index (χ2v) is 9.65. The fourth-order valence-electron chi connectivity index (χ4n) is 4.98. The van der Waals surface area contributed by atoms with Crippen molar-refractivity contribution >= 4 is 40.1 Å². The molecule has 1 fully saturated rings. The molecule has 5 rings (SSSR count). The van der Waals surface area contributed by atoms with Crippen molar-refractivity contribution in [2.75, 3.05) is 24.7 Å². The Morgan fingerprint density at radius 2 is 1.89 bits per heavy atom. The molecule has 1 atom stereocenters. The highest BCUT2D eigenvalue weighted by Gasteiger charge is 2.46. The van der Waals surface area contributed by atoms with Crippen LogP contribution >= 0.6 is 11.6 Å². The molecule has 1 saturated heterocycles. The lowest BCUT2D eigenvalue weighted by Crippen LogP contribution is -2.59. The number of likely N-dealkylation sites (tertiary alicyclic amines) is 1. The normalized spacial score (nSPS) is 19.1. The topological polar surface area (TPSA) is 77.7 Å². The van der Waals surface area contributed by atoms with E-state index in [-0.39, 0.29) is 17.2 Å². The van der Waals surface area contributed by atoms with Gasteiger partial charge in [-0.15, -0.1) is 0 Å². The van der Waals surface area contributed by atoms with Crippen molar-refractivity contribution in [3.8, 4) is 0 Å². The van der Waals surface area contributed by atoms with Gasteiger partial charge in [-0.2, -0.15) is 18.2 Å². The van der Waals surface area contributed by atoms with Gasteiger partial charge in [-0.25, -0.2) is 9.18 Å². The number of rotatable bonds is 5. The van der Waals surface area contributed by atoms with Gasteiger partial charge in [-0.3, -0.25) is 4.79 Å². The highest BCUT2D eigenvalue weighted by molar-refractivity contribution is 6.31. The Morgan fingerprint density at radius 1 is 1.14 bits per heavy atom. The van der Waals surface area contributed by atoms with Crippen LogP contribution in [0.3, 0.4) is 0 Å². The van der Waals surface area contributed by atoms with Crippen LogP contribution in [0.2, 0.25) is 5.02 Å². The number of carbonyl (C=O) groups excluding carboxylic acids is 2. The Hall–Kier alpha value is -3.31. The van der Waals surface area contributed by atoms with Gasteiger partial charge >= 0.3 is 12.1 Å². The minimum absolute atomic E-state index is 0.0797. The molecule has 0 spiro atoms. The maximum Gasteiger partial charge on any atom is 0.493 e. The summed E-state index contributed by atoms with van der Waals surface area (Å²) in [6.45, 7) is 2.00. The number of H-pyrrole nitrogens is 1. The summed E-state index contributed by atoms with van der Waals surface area (Å²) in [5.41, 5.74) is 1.83. The van der Waals surface area contributed by atoms with E-state index in [9.17, 15) is 27.2 Å². The van der Waals surface area contributed by atoms with Crippen LogP contribution in [-0.2, 0) is 16.1 Å². The molecular weight excluding hydrogens is 516 g/mol. The van der Waals surface area contributed by atoms with E-state index in [1.54, 1.807) is 0 Å². The fourth-order valence-corrected chi connectivity index (χ4v) is 5.16. The number of nitrogens with zero attached hydrogens (tertiary/aromatic N) is 2. The molecule has 0 bridgehead atoms. The minimum atomic E-state index is -5.25. The van der Waals surface area contributed by atoms with Gasteiger partial charge in [0.05, 0.1) is 11.3 Å². The molecule has 3 heterocycles. The summed E-state index contributed by atoms with van der Waals surface area (Å²) in [5, 5.41) is 5.06. The van der Waals surface area contributed by atoms with Crippen LogP contribution in [-0.4, -0.2) is 53.7 Å². The summed E-state index contributed by atoms with van der Waals surface area (Å²) >= 11 is 6.13. The number of alkyl halides is 3. The van der Waals surface area contributed by atoms with Crippen molar-refractivity contribution in [1.82, 2.24) is 15.2 Å². The summed E-state index contributed by atoms with van der Waals surface area (Å²) in [6.07, 6.45) is -2.55. The number of piperidine rings is 1. The van der Waals surface area contributed by atoms with Gasteiger partial charge in [-0.1, -0.05) is 11.6 Å². The lowest BCUT2D eigenvalue weighted by Gasteiger charge is -2.43. The van der Waals surface area contributed by atoms with E-state index in [4.69, 9.17) is 11.6 Å². The summed E-state index contributed by atoms with van der Waals surface area (Å²) in [7, 11) is 0. The molecule has 196 valence electrons. The van der Waals surface area contributed by atoms with Gasteiger partial charge < -0.3 is 20.0 Å². The van der Waals surface area contributed by atoms with Gasteiger partial charge in [-0.05, 0) is 68.2 Å². The van der Waals surface area contributed by atoms with E-state index in [0.29, 0.717) is 36.0 Å². The molecule has 2 aliphatic heterocycles. The summed E-state index contributed by atoms with van der Waals surface area (Å²) in [6, 6.07) is 8.72. The van der Waals surface area contributed by atoms with Crippen molar-refractivity contribution < 1.29 is 32.0 Å². The van der Waals surface area contributed by atoms with Gasteiger partial charge in [0, 0.05) is 40.7 Å². The lowest BCUT2D eigenvalue weighted by atomic mass is 9.91. The van der Waals surface area contributed by atoms with Crippen molar-refractivity contribution in [1.29, 1.82) is 0 Å². The number of aromatic nitrogens is 1. The fraction of sp³-hybridized carbons (Fsp3) is 0.360. The molecule has 2 aromatic carbocycles. The number of hydrogen-bond acceptors (Lipinski definition) is 5. The zero-order valence-electron chi connectivity index (χ0n) is 19.4. The van der Waals surface area contributed by atoms with E-state index in [0.717, 1.165) is 47.6 Å². The molecule has 0 saturated carbocycles. The third kappa shape index (κ3) is 5.24. The van der Waals surface area contributed by atoms with Crippen molar-refractivity contribution in [2.45, 2.75) is 31.6 Å².